The third kappa shape index (κ3) is 3.25. The highest BCUT2D eigenvalue weighted by Crippen LogP contribution is 2.42. The van der Waals surface area contributed by atoms with E-state index in [-0.39, 0.29) is 17.9 Å². The molecule has 132 valence electrons. The van der Waals surface area contributed by atoms with Gasteiger partial charge in [-0.15, -0.1) is 0 Å². The number of fused-ring (bicyclic) bond motifs is 2. The van der Waals surface area contributed by atoms with E-state index in [1.54, 1.807) is 6.20 Å². The van der Waals surface area contributed by atoms with Crippen molar-refractivity contribution in [3.63, 3.8) is 0 Å². The first-order valence-corrected chi connectivity index (χ1v) is 8.84. The number of alkyl halides is 3. The molecule has 0 aromatic carbocycles. The van der Waals surface area contributed by atoms with Crippen molar-refractivity contribution in [2.75, 3.05) is 18.0 Å². The summed E-state index contributed by atoms with van der Waals surface area (Å²) in [6.07, 6.45) is -0.273. The molecule has 4 nitrogen and oxygen atoms in total. The summed E-state index contributed by atoms with van der Waals surface area (Å²) in [7, 11) is 0. The predicted molar refractivity (Wildman–Crippen MR) is 91.1 cm³/mol. The van der Waals surface area contributed by atoms with Gasteiger partial charge < -0.3 is 4.90 Å². The number of hydrogen-bond acceptors (Lipinski definition) is 4. The first-order valence-electron chi connectivity index (χ1n) is 8.05. The summed E-state index contributed by atoms with van der Waals surface area (Å²) in [5.41, 5.74) is 0.317. The van der Waals surface area contributed by atoms with Crippen LogP contribution in [0.3, 0.4) is 0 Å². The van der Waals surface area contributed by atoms with Gasteiger partial charge in [0, 0.05) is 48.6 Å². The molecule has 3 aliphatic heterocycles. The van der Waals surface area contributed by atoms with Crippen LogP contribution in [0.25, 0.3) is 0 Å². The quantitative estimate of drug-likeness (QED) is 0.768. The maximum Gasteiger partial charge on any atom is 0.419 e. The lowest BCUT2D eigenvalue weighted by molar-refractivity contribution is -0.137. The Bertz CT molecular complexity index is 753. The summed E-state index contributed by atoms with van der Waals surface area (Å²) in [4.78, 5) is 12.5. The largest absolute Gasteiger partial charge is 0.419 e. The van der Waals surface area contributed by atoms with Crippen LogP contribution in [-0.4, -0.2) is 40.0 Å². The Labute approximate surface area is 151 Å². The second-order valence-corrected chi connectivity index (χ2v) is 7.40. The lowest BCUT2D eigenvalue weighted by Gasteiger charge is -2.57. The number of anilines is 1. The van der Waals surface area contributed by atoms with Crippen LogP contribution in [0.5, 0.6) is 0 Å². The molecular weight excluding hydrogens is 397 g/mol. The highest BCUT2D eigenvalue weighted by atomic mass is 79.9. The number of piperidine rings is 1. The molecule has 0 spiro atoms. The summed E-state index contributed by atoms with van der Waals surface area (Å²) in [6, 6.07) is 6.51. The van der Waals surface area contributed by atoms with E-state index in [0.717, 1.165) is 35.7 Å². The smallest absolute Gasteiger partial charge is 0.347 e. The number of hydrogen-bond donors (Lipinski definition) is 0. The van der Waals surface area contributed by atoms with Gasteiger partial charge in [-0.3, -0.25) is 9.88 Å². The number of aromatic nitrogens is 2. The Hall–Kier alpha value is -1.67. The topological polar surface area (TPSA) is 32.3 Å². The third-order valence-corrected chi connectivity index (χ3v) is 5.25. The zero-order chi connectivity index (χ0) is 17.6. The molecule has 2 aromatic rings. The normalized spacial score (nSPS) is 23.4. The average Bonchev–Trinajstić information content (AvgIpc) is 2.56. The SMILES string of the molecule is FC(F)(F)c1cccnc1N1C2CC1CN(Cc1ccc(Br)cn1)C2. The molecule has 0 radical (unpaired) electrons. The molecule has 5 rings (SSSR count). The minimum Gasteiger partial charge on any atom is -0.347 e. The van der Waals surface area contributed by atoms with Crippen molar-refractivity contribution in [3.8, 4) is 0 Å². The van der Waals surface area contributed by atoms with E-state index < -0.39 is 11.7 Å². The summed E-state index contributed by atoms with van der Waals surface area (Å²) >= 11 is 3.36. The fraction of sp³-hybridized carbons (Fsp3) is 0.412. The molecule has 5 heterocycles. The van der Waals surface area contributed by atoms with Crippen LogP contribution in [0.2, 0.25) is 0 Å². The summed E-state index contributed by atoms with van der Waals surface area (Å²) in [5, 5.41) is 0. The molecule has 3 fully saturated rings. The van der Waals surface area contributed by atoms with Gasteiger partial charge >= 0.3 is 6.18 Å². The molecule has 0 aliphatic carbocycles. The molecule has 2 aromatic heterocycles. The van der Waals surface area contributed by atoms with Gasteiger partial charge in [0.2, 0.25) is 0 Å². The van der Waals surface area contributed by atoms with E-state index in [9.17, 15) is 13.2 Å². The molecule has 0 saturated carbocycles. The van der Waals surface area contributed by atoms with E-state index in [2.05, 4.69) is 30.8 Å². The standard InChI is InChI=1S/C17H16BrF3N4/c18-11-3-4-12(23-7-11)8-24-9-13-6-14(10-24)25(13)16-15(17(19,20)21)2-1-5-22-16/h1-5,7,13-14H,6,8-10H2. The van der Waals surface area contributed by atoms with E-state index in [1.807, 2.05) is 17.0 Å². The zero-order valence-corrected chi connectivity index (χ0v) is 14.8. The van der Waals surface area contributed by atoms with Crippen LogP contribution in [-0.2, 0) is 12.7 Å². The van der Waals surface area contributed by atoms with Crippen LogP contribution >= 0.6 is 15.9 Å². The minimum atomic E-state index is -4.38. The van der Waals surface area contributed by atoms with Gasteiger partial charge in [0.1, 0.15) is 5.82 Å². The summed E-state index contributed by atoms with van der Waals surface area (Å²) in [5.74, 6) is 0.0673. The molecule has 0 amide bonds. The number of halogens is 4. The third-order valence-electron chi connectivity index (χ3n) is 4.78. The molecule has 3 aliphatic rings. The number of rotatable bonds is 3. The lowest BCUT2D eigenvalue weighted by atomic mass is 9.86. The zero-order valence-electron chi connectivity index (χ0n) is 13.2. The van der Waals surface area contributed by atoms with Gasteiger partial charge in [0.25, 0.3) is 0 Å². The first-order chi connectivity index (χ1) is 11.9. The summed E-state index contributed by atoms with van der Waals surface area (Å²) < 4.78 is 40.7. The van der Waals surface area contributed by atoms with Crippen molar-refractivity contribution in [1.29, 1.82) is 0 Å². The lowest BCUT2D eigenvalue weighted by Crippen LogP contribution is -2.69. The van der Waals surface area contributed by atoms with Gasteiger partial charge in [-0.25, -0.2) is 4.98 Å². The van der Waals surface area contributed by atoms with E-state index in [4.69, 9.17) is 0 Å². The van der Waals surface area contributed by atoms with Crippen LogP contribution in [0.15, 0.2) is 41.1 Å². The second-order valence-electron chi connectivity index (χ2n) is 6.48. The van der Waals surface area contributed by atoms with Gasteiger partial charge in [0.15, 0.2) is 0 Å². The monoisotopic (exact) mass is 412 g/mol. The van der Waals surface area contributed by atoms with Crippen molar-refractivity contribution in [2.45, 2.75) is 31.2 Å². The Morgan fingerprint density at radius 1 is 1.12 bits per heavy atom. The Morgan fingerprint density at radius 3 is 2.52 bits per heavy atom. The Morgan fingerprint density at radius 2 is 1.88 bits per heavy atom. The van der Waals surface area contributed by atoms with E-state index in [0.29, 0.717) is 6.54 Å². The molecular formula is C17H16BrF3N4. The highest BCUT2D eigenvalue weighted by Gasteiger charge is 2.48. The fourth-order valence-electron chi connectivity index (χ4n) is 3.73. The maximum atomic E-state index is 13.3. The molecule has 0 N–H and O–H groups in total. The molecule has 2 unspecified atom stereocenters. The average molecular weight is 413 g/mol. The maximum absolute atomic E-state index is 13.3. The molecule has 3 saturated heterocycles. The van der Waals surface area contributed by atoms with Crippen molar-refractivity contribution < 1.29 is 13.2 Å². The van der Waals surface area contributed by atoms with Gasteiger partial charge in [-0.2, -0.15) is 13.2 Å². The minimum absolute atomic E-state index is 0.0673. The number of nitrogens with zero attached hydrogens (tertiary/aromatic N) is 4. The first kappa shape index (κ1) is 16.8. The molecule has 2 atom stereocenters. The van der Waals surface area contributed by atoms with Crippen molar-refractivity contribution in [1.82, 2.24) is 14.9 Å². The van der Waals surface area contributed by atoms with Crippen molar-refractivity contribution in [3.05, 3.63) is 52.4 Å². The number of piperazine rings is 1. The Kier molecular flexibility index (Phi) is 4.19. The Balaban J connectivity index is 1.48. The van der Waals surface area contributed by atoms with Gasteiger partial charge in [0.05, 0.1) is 11.3 Å². The van der Waals surface area contributed by atoms with Gasteiger partial charge in [-0.05, 0) is 46.6 Å². The molecule has 2 bridgehead atoms. The second kappa shape index (κ2) is 6.25. The predicted octanol–water partition coefficient (Wildman–Crippen LogP) is 3.72. The van der Waals surface area contributed by atoms with Crippen LogP contribution < -0.4 is 4.90 Å². The van der Waals surface area contributed by atoms with E-state index >= 15 is 0 Å². The van der Waals surface area contributed by atoms with Crippen LogP contribution in [0, 0.1) is 0 Å². The highest BCUT2D eigenvalue weighted by molar-refractivity contribution is 9.10. The van der Waals surface area contributed by atoms with E-state index in [1.165, 1.54) is 12.3 Å². The van der Waals surface area contributed by atoms with Gasteiger partial charge in [-0.1, -0.05) is 0 Å². The molecule has 25 heavy (non-hydrogen) atoms. The van der Waals surface area contributed by atoms with Crippen LogP contribution in [0.1, 0.15) is 17.7 Å². The fourth-order valence-corrected chi connectivity index (χ4v) is 3.96. The van der Waals surface area contributed by atoms with Crippen LogP contribution in [0.4, 0.5) is 19.0 Å². The van der Waals surface area contributed by atoms with Crippen molar-refractivity contribution in [2.24, 2.45) is 0 Å². The summed E-state index contributed by atoms with van der Waals surface area (Å²) in [6.45, 7) is 2.16. The molecule has 8 heteroatoms. The number of pyridine rings is 2. The van der Waals surface area contributed by atoms with Crippen molar-refractivity contribution >= 4 is 21.7 Å².